The van der Waals surface area contributed by atoms with E-state index >= 15 is 0 Å². The molecule has 0 aromatic heterocycles. The molecule has 0 unspecified atom stereocenters. The Morgan fingerprint density at radius 1 is 1.33 bits per heavy atom. The van der Waals surface area contributed by atoms with Gasteiger partial charge in [-0.15, -0.1) is 24.0 Å². The van der Waals surface area contributed by atoms with E-state index in [0.717, 1.165) is 37.3 Å². The van der Waals surface area contributed by atoms with Gasteiger partial charge in [-0.3, -0.25) is 4.99 Å². The maximum atomic E-state index is 4.77. The van der Waals surface area contributed by atoms with Crippen molar-refractivity contribution in [1.29, 1.82) is 0 Å². The molecule has 0 amide bonds. The molecule has 0 aromatic carbocycles. The molecule has 0 spiro atoms. The minimum Gasteiger partial charge on any atom is -0.357 e. The number of rotatable bonds is 7. The van der Waals surface area contributed by atoms with Crippen LogP contribution in [-0.2, 0) is 0 Å². The Labute approximate surface area is 132 Å². The molecule has 18 heavy (non-hydrogen) atoms. The van der Waals surface area contributed by atoms with Crippen LogP contribution in [0.15, 0.2) is 4.99 Å². The van der Waals surface area contributed by atoms with Crippen molar-refractivity contribution in [2.45, 2.75) is 32.6 Å². The van der Waals surface area contributed by atoms with Crippen molar-refractivity contribution in [3.63, 3.8) is 0 Å². The van der Waals surface area contributed by atoms with Crippen molar-refractivity contribution in [3.8, 4) is 0 Å². The molecular weight excluding hydrogens is 357 g/mol. The fourth-order valence-corrected chi connectivity index (χ4v) is 2.71. The Morgan fingerprint density at radius 2 is 2.06 bits per heavy atom. The Hall–Kier alpha value is 0.350. The van der Waals surface area contributed by atoms with Crippen LogP contribution in [0.2, 0.25) is 0 Å². The van der Waals surface area contributed by atoms with Gasteiger partial charge in [0.25, 0.3) is 0 Å². The van der Waals surface area contributed by atoms with E-state index in [4.69, 9.17) is 4.99 Å². The van der Waals surface area contributed by atoms with E-state index in [0.29, 0.717) is 5.41 Å². The zero-order valence-electron chi connectivity index (χ0n) is 11.5. The summed E-state index contributed by atoms with van der Waals surface area (Å²) < 4.78 is 0. The highest BCUT2D eigenvalue weighted by atomic mass is 127. The summed E-state index contributed by atoms with van der Waals surface area (Å²) in [7, 11) is 0. The molecule has 0 aliphatic heterocycles. The number of guanidine groups is 1. The first kappa shape index (κ1) is 16.4. The predicted molar refractivity (Wildman–Crippen MR) is 92.2 cm³/mol. The maximum Gasteiger partial charge on any atom is 0.191 e. The molecule has 0 radical (unpaired) electrons. The fourth-order valence-electron chi connectivity index (χ4n) is 2.40. The van der Waals surface area contributed by atoms with Crippen molar-refractivity contribution in [2.24, 2.45) is 16.3 Å². The number of nitrogens with zero attached hydrogens (tertiary/aromatic N) is 1. The molecule has 2 saturated carbocycles. The third-order valence-electron chi connectivity index (χ3n) is 3.83. The number of aliphatic imine (C=N–C) groups is 1. The van der Waals surface area contributed by atoms with Crippen LogP contribution < -0.4 is 10.6 Å². The van der Waals surface area contributed by atoms with Crippen LogP contribution in [0.5, 0.6) is 0 Å². The van der Waals surface area contributed by atoms with Gasteiger partial charge >= 0.3 is 0 Å². The summed E-state index contributed by atoms with van der Waals surface area (Å²) >= 11 is 1.87. The Kier molecular flexibility index (Phi) is 7.13. The molecule has 0 saturated heterocycles. The SMILES string of the molecule is CCNC(=NCC1(C2CC2)CC1)NCCSC.I. The molecule has 3 nitrogen and oxygen atoms in total. The summed E-state index contributed by atoms with van der Waals surface area (Å²) in [6.45, 7) is 5.11. The minimum absolute atomic E-state index is 0. The Balaban J connectivity index is 0.00000162. The molecule has 2 aliphatic carbocycles. The number of thioether (sulfide) groups is 1. The Morgan fingerprint density at radius 3 is 2.56 bits per heavy atom. The van der Waals surface area contributed by atoms with Gasteiger partial charge in [-0.05, 0) is 50.2 Å². The topological polar surface area (TPSA) is 36.4 Å². The third kappa shape index (κ3) is 4.79. The van der Waals surface area contributed by atoms with E-state index in [1.807, 2.05) is 11.8 Å². The van der Waals surface area contributed by atoms with Gasteiger partial charge < -0.3 is 10.6 Å². The first-order chi connectivity index (χ1) is 8.30. The molecule has 2 aliphatic rings. The molecule has 0 heterocycles. The van der Waals surface area contributed by atoms with E-state index in [1.54, 1.807) is 0 Å². The van der Waals surface area contributed by atoms with Gasteiger partial charge in [0, 0.05) is 25.4 Å². The largest absolute Gasteiger partial charge is 0.357 e. The average Bonchev–Trinajstić information content (AvgIpc) is 3.16. The molecular formula is C13H26IN3S. The molecule has 2 N–H and O–H groups in total. The van der Waals surface area contributed by atoms with Crippen molar-refractivity contribution >= 4 is 41.7 Å². The van der Waals surface area contributed by atoms with Gasteiger partial charge in [-0.25, -0.2) is 0 Å². The van der Waals surface area contributed by atoms with E-state index in [2.05, 4.69) is 23.8 Å². The summed E-state index contributed by atoms with van der Waals surface area (Å²) in [5.41, 5.74) is 0.613. The number of hydrogen-bond donors (Lipinski definition) is 2. The zero-order chi connectivity index (χ0) is 12.1. The second-order valence-electron chi connectivity index (χ2n) is 5.25. The standard InChI is InChI=1S/C13H25N3S.HI/c1-3-14-12(15-8-9-17-2)16-10-13(6-7-13)11-4-5-11;/h11H,3-10H2,1-2H3,(H2,14,15,16);1H. The molecule has 0 aromatic rings. The van der Waals surface area contributed by atoms with Crippen LogP contribution in [-0.4, -0.2) is 37.6 Å². The zero-order valence-corrected chi connectivity index (χ0v) is 14.6. The van der Waals surface area contributed by atoms with Crippen molar-refractivity contribution in [2.75, 3.05) is 31.6 Å². The van der Waals surface area contributed by atoms with Crippen molar-refractivity contribution in [1.82, 2.24) is 10.6 Å². The minimum atomic E-state index is 0. The van der Waals surface area contributed by atoms with Gasteiger partial charge in [-0.1, -0.05) is 0 Å². The average molecular weight is 383 g/mol. The maximum absolute atomic E-state index is 4.77. The fraction of sp³-hybridized carbons (Fsp3) is 0.923. The molecule has 2 fully saturated rings. The quantitative estimate of drug-likeness (QED) is 0.307. The van der Waals surface area contributed by atoms with Crippen molar-refractivity contribution in [3.05, 3.63) is 0 Å². The Bertz CT molecular complexity index is 275. The lowest BCUT2D eigenvalue weighted by atomic mass is 10.0. The number of hydrogen-bond acceptors (Lipinski definition) is 2. The van der Waals surface area contributed by atoms with E-state index in [9.17, 15) is 0 Å². The molecule has 5 heteroatoms. The number of halogens is 1. The summed E-state index contributed by atoms with van der Waals surface area (Å²) in [4.78, 5) is 4.77. The first-order valence-electron chi connectivity index (χ1n) is 6.82. The van der Waals surface area contributed by atoms with Gasteiger partial charge in [-0.2, -0.15) is 11.8 Å². The molecule has 0 bridgehead atoms. The van der Waals surface area contributed by atoms with Crippen LogP contribution in [0.25, 0.3) is 0 Å². The smallest absolute Gasteiger partial charge is 0.191 e. The number of nitrogens with one attached hydrogen (secondary N) is 2. The lowest BCUT2D eigenvalue weighted by molar-refractivity contribution is 0.452. The lowest BCUT2D eigenvalue weighted by Gasteiger charge is -2.14. The second-order valence-corrected chi connectivity index (χ2v) is 6.24. The van der Waals surface area contributed by atoms with E-state index < -0.39 is 0 Å². The highest BCUT2D eigenvalue weighted by Crippen LogP contribution is 2.61. The van der Waals surface area contributed by atoms with E-state index in [1.165, 1.54) is 25.7 Å². The predicted octanol–water partition coefficient (Wildman–Crippen LogP) is 2.71. The highest BCUT2D eigenvalue weighted by molar-refractivity contribution is 14.0. The van der Waals surface area contributed by atoms with Gasteiger partial charge in [0.15, 0.2) is 5.96 Å². The molecule has 0 atom stereocenters. The molecule has 106 valence electrons. The van der Waals surface area contributed by atoms with Crippen LogP contribution in [0.3, 0.4) is 0 Å². The summed E-state index contributed by atoms with van der Waals surface area (Å²) in [5, 5.41) is 6.73. The monoisotopic (exact) mass is 383 g/mol. The second kappa shape index (κ2) is 7.82. The third-order valence-corrected chi connectivity index (χ3v) is 4.44. The summed E-state index contributed by atoms with van der Waals surface area (Å²) in [6.07, 6.45) is 7.85. The van der Waals surface area contributed by atoms with Gasteiger partial charge in [0.05, 0.1) is 0 Å². The van der Waals surface area contributed by atoms with Crippen molar-refractivity contribution < 1.29 is 0 Å². The van der Waals surface area contributed by atoms with Crippen LogP contribution in [0.1, 0.15) is 32.6 Å². The normalized spacial score (nSPS) is 21.1. The summed E-state index contributed by atoms with van der Waals surface area (Å²) in [5.74, 6) is 3.15. The van der Waals surface area contributed by atoms with Gasteiger partial charge in [0.2, 0.25) is 0 Å². The highest BCUT2D eigenvalue weighted by Gasteiger charge is 2.53. The van der Waals surface area contributed by atoms with Gasteiger partial charge in [0.1, 0.15) is 0 Å². The van der Waals surface area contributed by atoms with Crippen LogP contribution in [0.4, 0.5) is 0 Å². The summed E-state index contributed by atoms with van der Waals surface area (Å²) in [6, 6.07) is 0. The van der Waals surface area contributed by atoms with E-state index in [-0.39, 0.29) is 24.0 Å². The van der Waals surface area contributed by atoms with Crippen LogP contribution in [0, 0.1) is 11.3 Å². The van der Waals surface area contributed by atoms with Crippen LogP contribution >= 0.6 is 35.7 Å². The lowest BCUT2D eigenvalue weighted by Crippen LogP contribution is -2.38. The first-order valence-corrected chi connectivity index (χ1v) is 8.21. The molecule has 2 rings (SSSR count).